The number of allylic oxidation sites excluding steroid dienone is 1. The number of nitrogens with one attached hydrogen (secondary N) is 4. The maximum Gasteiger partial charge on any atom is 0.293 e. The summed E-state index contributed by atoms with van der Waals surface area (Å²) in [6, 6.07) is 24.1. The molecule has 4 aromatic carbocycles. The van der Waals surface area contributed by atoms with Crippen LogP contribution in [0.15, 0.2) is 114 Å². The summed E-state index contributed by atoms with van der Waals surface area (Å²) in [5, 5.41) is 19.3. The Balaban J connectivity index is 0.626. The predicted molar refractivity (Wildman–Crippen MR) is 344 cm³/mol. The number of hydrogen-bond acceptors (Lipinski definition) is 17. The molecule has 476 valence electrons. The van der Waals surface area contributed by atoms with Gasteiger partial charge in [-0.3, -0.25) is 49.2 Å². The zero-order chi connectivity index (χ0) is 63.8. The largest absolute Gasteiger partial charge is 0.455 e. The second-order valence-corrected chi connectivity index (χ2v) is 26.5. The first kappa shape index (κ1) is 64.0. The van der Waals surface area contributed by atoms with Gasteiger partial charge in [-0.05, 0) is 141 Å². The van der Waals surface area contributed by atoms with Crippen molar-refractivity contribution in [2.24, 2.45) is 11.3 Å². The fraction of sp³-hybridized carbons (Fsp3) is 0.403. The molecule has 4 aliphatic heterocycles. The number of imide groups is 2. The highest BCUT2D eigenvalue weighted by Gasteiger charge is 2.45. The Morgan fingerprint density at radius 2 is 1.65 bits per heavy atom. The predicted octanol–water partition coefficient (Wildman–Crippen LogP) is 9.21. The number of rotatable bonds is 23. The van der Waals surface area contributed by atoms with Gasteiger partial charge in [0.25, 0.3) is 33.4 Å². The van der Waals surface area contributed by atoms with E-state index in [0.29, 0.717) is 80.9 Å². The van der Waals surface area contributed by atoms with Gasteiger partial charge >= 0.3 is 0 Å². The van der Waals surface area contributed by atoms with Gasteiger partial charge in [-0.15, -0.1) is 0 Å². The van der Waals surface area contributed by atoms with Crippen molar-refractivity contribution < 1.29 is 51.5 Å². The third kappa shape index (κ3) is 15.5. The molecule has 3 fully saturated rings. The van der Waals surface area contributed by atoms with E-state index in [4.69, 9.17) is 25.8 Å². The number of hydrogen-bond donors (Lipinski definition) is 4. The molecule has 0 bridgehead atoms. The minimum Gasteiger partial charge on any atom is -0.455 e. The lowest BCUT2D eigenvalue weighted by Crippen LogP contribution is -2.54. The number of nitro groups is 1. The van der Waals surface area contributed by atoms with E-state index in [2.05, 4.69) is 77.8 Å². The lowest BCUT2D eigenvalue weighted by atomic mass is 9.72. The summed E-state index contributed by atoms with van der Waals surface area (Å²) in [6.07, 6.45) is 9.30. The number of likely N-dealkylation sites (tertiary alicyclic amines) is 1. The molecule has 0 radical (unpaired) electrons. The molecular formula is C67H73ClN10O12S. The van der Waals surface area contributed by atoms with Gasteiger partial charge in [0.2, 0.25) is 11.8 Å². The SMILES string of the molecule is CC1(C)CCC(CN2CCN(c3ccc(C(=O)NS(=O)(=O)c4ccc(NCC5CCN(CCOCCOCCCC#Cc6cccc7c6C(=O)N(C6CCC(=O)NC6=O)C7=O)CC5)c([N+](=O)[O-])c4)c(Oc4cnc5[nH]ccc5c4)c3)CC2)=C(c2ccc(Cl)cc2)C1. The molecule has 5 amide bonds. The van der Waals surface area contributed by atoms with Crippen molar-refractivity contribution in [3.8, 4) is 23.3 Å². The van der Waals surface area contributed by atoms with Crippen LogP contribution in [0.4, 0.5) is 17.1 Å². The number of carbonyl (C=O) groups excluding carboxylic acids is 5. The van der Waals surface area contributed by atoms with Crippen molar-refractivity contribution >= 4 is 84.8 Å². The first-order valence-electron chi connectivity index (χ1n) is 30.9. The van der Waals surface area contributed by atoms with Gasteiger partial charge in [0.1, 0.15) is 28.9 Å². The van der Waals surface area contributed by atoms with E-state index in [1.165, 1.54) is 47.2 Å². The van der Waals surface area contributed by atoms with Crippen LogP contribution >= 0.6 is 11.6 Å². The Hall–Kier alpha value is -8.50. The van der Waals surface area contributed by atoms with E-state index in [1.807, 2.05) is 18.2 Å². The summed E-state index contributed by atoms with van der Waals surface area (Å²) in [5.41, 5.74) is 6.09. The van der Waals surface area contributed by atoms with Gasteiger partial charge in [-0.1, -0.05) is 61.1 Å². The van der Waals surface area contributed by atoms with Crippen LogP contribution < -0.4 is 25.0 Å². The number of amides is 5. The van der Waals surface area contributed by atoms with Gasteiger partial charge in [0, 0.05) is 105 Å². The van der Waals surface area contributed by atoms with Crippen LogP contribution in [-0.2, 0) is 29.1 Å². The Bertz CT molecular complexity index is 3980. The Labute approximate surface area is 533 Å². The number of aromatic amines is 1. The maximum atomic E-state index is 14.2. The third-order valence-electron chi connectivity index (χ3n) is 17.5. The number of pyridine rings is 1. The van der Waals surface area contributed by atoms with Crippen LogP contribution in [0.2, 0.25) is 5.02 Å². The van der Waals surface area contributed by atoms with E-state index in [-0.39, 0.29) is 52.3 Å². The molecule has 4 N–H and O–H groups in total. The van der Waals surface area contributed by atoms with Crippen LogP contribution in [0.1, 0.15) is 114 Å². The fourth-order valence-electron chi connectivity index (χ4n) is 12.4. The molecule has 24 heteroatoms. The molecule has 6 aromatic rings. The molecule has 2 aromatic heterocycles. The monoisotopic (exact) mass is 1280 g/mol. The van der Waals surface area contributed by atoms with Gasteiger partial charge in [-0.2, -0.15) is 0 Å². The molecule has 0 saturated carbocycles. The van der Waals surface area contributed by atoms with Crippen molar-refractivity contribution in [1.82, 2.24) is 34.7 Å². The number of nitrogens with zero attached hydrogens (tertiary/aromatic N) is 6. The number of H-pyrrole nitrogens is 1. The summed E-state index contributed by atoms with van der Waals surface area (Å²) < 4.78 is 48.0. The second kappa shape index (κ2) is 28.3. The number of anilines is 2. The van der Waals surface area contributed by atoms with Crippen LogP contribution in [-0.4, -0.2) is 159 Å². The molecule has 3 saturated heterocycles. The van der Waals surface area contributed by atoms with Gasteiger partial charge in [0.05, 0.1) is 52.5 Å². The summed E-state index contributed by atoms with van der Waals surface area (Å²) in [4.78, 5) is 91.5. The van der Waals surface area contributed by atoms with Crippen molar-refractivity contribution in [3.63, 3.8) is 0 Å². The average molecular weight is 1280 g/mol. The van der Waals surface area contributed by atoms with E-state index in [9.17, 15) is 42.5 Å². The summed E-state index contributed by atoms with van der Waals surface area (Å²) in [5.74, 6) is 3.43. The van der Waals surface area contributed by atoms with Crippen LogP contribution in [0.3, 0.4) is 0 Å². The number of piperidine rings is 2. The van der Waals surface area contributed by atoms with Crippen LogP contribution in [0, 0.1) is 33.3 Å². The number of aromatic nitrogens is 2. The molecule has 1 unspecified atom stereocenters. The minimum absolute atomic E-state index is 0.0387. The third-order valence-corrected chi connectivity index (χ3v) is 19.1. The molecule has 91 heavy (non-hydrogen) atoms. The zero-order valence-electron chi connectivity index (χ0n) is 50.9. The lowest BCUT2D eigenvalue weighted by molar-refractivity contribution is -0.384. The normalized spacial score (nSPS) is 18.3. The Morgan fingerprint density at radius 3 is 2.42 bits per heavy atom. The first-order valence-corrected chi connectivity index (χ1v) is 32.7. The van der Waals surface area contributed by atoms with Gasteiger partial charge < -0.3 is 34.3 Å². The summed E-state index contributed by atoms with van der Waals surface area (Å²) in [7, 11) is -4.64. The maximum absolute atomic E-state index is 14.2. The number of fused-ring (bicyclic) bond motifs is 2. The van der Waals surface area contributed by atoms with E-state index in [0.717, 1.165) is 93.4 Å². The first-order chi connectivity index (χ1) is 43.9. The van der Waals surface area contributed by atoms with E-state index in [1.54, 1.807) is 36.5 Å². The highest BCUT2D eigenvalue weighted by Crippen LogP contribution is 2.44. The topological polar surface area (TPSA) is 268 Å². The average Bonchev–Trinajstić information content (AvgIpc) is 1.65. The van der Waals surface area contributed by atoms with Gasteiger partial charge in [-0.25, -0.2) is 18.1 Å². The summed E-state index contributed by atoms with van der Waals surface area (Å²) in [6.45, 7) is 13.0. The highest BCUT2D eigenvalue weighted by atomic mass is 35.5. The van der Waals surface area contributed by atoms with E-state index >= 15 is 0 Å². The van der Waals surface area contributed by atoms with Crippen LogP contribution in [0.25, 0.3) is 16.6 Å². The number of nitro benzene ring substituents is 1. The Morgan fingerprint density at radius 1 is 0.868 bits per heavy atom. The molecule has 6 heterocycles. The highest BCUT2D eigenvalue weighted by molar-refractivity contribution is 7.90. The number of ether oxygens (including phenoxy) is 3. The molecule has 22 nitrogen and oxygen atoms in total. The van der Waals surface area contributed by atoms with Crippen molar-refractivity contribution in [2.45, 2.75) is 82.6 Å². The zero-order valence-corrected chi connectivity index (χ0v) is 52.5. The van der Waals surface area contributed by atoms with Crippen molar-refractivity contribution in [3.05, 3.63) is 152 Å². The minimum atomic E-state index is -4.64. The molecule has 11 rings (SSSR count). The number of benzene rings is 4. The number of piperazine rings is 1. The molecular weight excluding hydrogens is 1200 g/mol. The fourth-order valence-corrected chi connectivity index (χ4v) is 13.5. The molecule has 5 aliphatic rings. The standard InChI is InChI=1S/C67H73ClN10O12S/c1-67(2)24-20-48(55(40-67)45-10-12-49(68)13-11-45)43-75-28-30-76(31-29-75)50-14-16-53(59(38-50)90-51-37-47-21-25-69-62(47)71-42-51)63(80)73-91(86,87)52-15-17-56(58(39-52)78(84)85)70-41-44-22-26-74(27-23-44)32-34-89-36-35-88-33-5-3-4-7-46-8-6-9-54-61(46)66(83)77(65(54)82)57-18-19-60(79)72-64(57)81/h6,8-17,21,25,37-39,42,44,57,70H,3,5,18-20,22-24,26-36,40-41,43H2,1-2H3,(H,69,71)(H,73,80)(H,72,79,81). The summed E-state index contributed by atoms with van der Waals surface area (Å²) >= 11 is 6.27. The van der Waals surface area contributed by atoms with Crippen LogP contribution in [0.5, 0.6) is 11.5 Å². The van der Waals surface area contributed by atoms with Crippen molar-refractivity contribution in [2.75, 3.05) is 95.5 Å². The lowest BCUT2D eigenvalue weighted by Gasteiger charge is -2.39. The number of unbranched alkanes of at least 4 members (excludes halogenated alkanes) is 1. The number of carbonyl (C=O) groups is 5. The molecule has 0 spiro atoms. The van der Waals surface area contributed by atoms with Gasteiger partial charge in [0.15, 0.2) is 0 Å². The molecule has 1 atom stereocenters. The number of sulfonamides is 1. The smallest absolute Gasteiger partial charge is 0.293 e. The number of halogens is 1. The second-order valence-electron chi connectivity index (χ2n) is 24.4. The molecule has 1 aliphatic carbocycles. The van der Waals surface area contributed by atoms with Crippen molar-refractivity contribution in [1.29, 1.82) is 0 Å². The van der Waals surface area contributed by atoms with E-state index < -0.39 is 61.1 Å². The Kier molecular flexibility index (Phi) is 19.9. The quantitative estimate of drug-likeness (QED) is 0.0153.